The van der Waals surface area contributed by atoms with Crippen molar-refractivity contribution in [1.29, 1.82) is 0 Å². The molecule has 1 aliphatic heterocycles. The van der Waals surface area contributed by atoms with Gasteiger partial charge in [-0.05, 0) is 43.2 Å². The number of nitrogens with one attached hydrogen (secondary N) is 1. The van der Waals surface area contributed by atoms with Crippen molar-refractivity contribution in [2.45, 2.75) is 36.6 Å². The summed E-state index contributed by atoms with van der Waals surface area (Å²) in [5, 5.41) is 3.96. The number of benzene rings is 2. The summed E-state index contributed by atoms with van der Waals surface area (Å²) >= 11 is 0. The van der Waals surface area contributed by atoms with E-state index in [1.165, 1.54) is 41.3 Å². The summed E-state index contributed by atoms with van der Waals surface area (Å²) < 4.78 is 52.6. The van der Waals surface area contributed by atoms with Crippen LogP contribution in [0.5, 0.6) is 5.75 Å². The lowest BCUT2D eigenvalue weighted by Gasteiger charge is -2.28. The van der Waals surface area contributed by atoms with Crippen LogP contribution in [0.15, 0.2) is 51.9 Å². The number of aromatic nitrogens is 2. The molecule has 0 saturated heterocycles. The van der Waals surface area contributed by atoms with E-state index in [0.29, 0.717) is 17.5 Å². The number of rotatable bonds is 6. The highest BCUT2D eigenvalue weighted by molar-refractivity contribution is 7.92. The summed E-state index contributed by atoms with van der Waals surface area (Å²) in [7, 11) is -4.12. The van der Waals surface area contributed by atoms with Crippen molar-refractivity contribution in [3.63, 3.8) is 0 Å². The topological polar surface area (TPSA) is 115 Å². The lowest BCUT2D eigenvalue weighted by molar-refractivity contribution is -0.121. The molecule has 9 nitrogen and oxygen atoms in total. The molecule has 32 heavy (non-hydrogen) atoms. The van der Waals surface area contributed by atoms with Gasteiger partial charge < -0.3 is 9.26 Å². The molecule has 1 amide bonds. The fourth-order valence-corrected chi connectivity index (χ4v) is 4.65. The SMILES string of the molecule is O=C1COc2ccc(S(=O)(=O)Nc3ccccc3F)cc2N1Cc1noc(C2CCC2)n1. The Morgan fingerprint density at radius 2 is 2.00 bits per heavy atom. The van der Waals surface area contributed by atoms with Crippen molar-refractivity contribution in [2.24, 2.45) is 0 Å². The number of ether oxygens (including phenoxy) is 1. The van der Waals surface area contributed by atoms with Crippen LogP contribution in [0.3, 0.4) is 0 Å². The quantitative estimate of drug-likeness (QED) is 0.603. The van der Waals surface area contributed by atoms with Crippen LogP contribution in [-0.2, 0) is 21.4 Å². The Labute approximate surface area is 183 Å². The molecule has 2 aromatic carbocycles. The Hall–Kier alpha value is -3.47. The molecule has 0 spiro atoms. The van der Waals surface area contributed by atoms with E-state index < -0.39 is 15.8 Å². The number of sulfonamides is 1. The standard InChI is InChI=1S/C21H19FN4O5S/c22-15-6-1-2-7-16(15)25-32(28,29)14-8-9-18-17(10-14)26(20(27)12-30-18)11-19-23-21(31-24-19)13-4-3-5-13/h1-2,6-10,13,25H,3-5,11-12H2. The zero-order valence-corrected chi connectivity index (χ0v) is 17.6. The maximum atomic E-state index is 13.9. The minimum atomic E-state index is -4.12. The summed E-state index contributed by atoms with van der Waals surface area (Å²) in [5.41, 5.74) is 0.0809. The lowest BCUT2D eigenvalue weighted by atomic mass is 9.85. The molecular formula is C21H19FN4O5S. The molecule has 0 radical (unpaired) electrons. The van der Waals surface area contributed by atoms with Gasteiger partial charge >= 0.3 is 0 Å². The van der Waals surface area contributed by atoms with Gasteiger partial charge in [0.25, 0.3) is 15.9 Å². The first-order chi connectivity index (χ1) is 15.4. The molecular weight excluding hydrogens is 439 g/mol. The van der Waals surface area contributed by atoms with Crippen LogP contribution in [0, 0.1) is 5.82 Å². The molecule has 2 heterocycles. The average Bonchev–Trinajstić information content (AvgIpc) is 3.18. The second-order valence-corrected chi connectivity index (χ2v) is 9.34. The molecule has 3 aromatic rings. The number of hydrogen-bond acceptors (Lipinski definition) is 7. The molecule has 5 rings (SSSR count). The van der Waals surface area contributed by atoms with E-state index in [2.05, 4.69) is 14.9 Å². The second kappa shape index (κ2) is 7.90. The monoisotopic (exact) mass is 458 g/mol. The fraction of sp³-hybridized carbons (Fsp3) is 0.286. The van der Waals surface area contributed by atoms with E-state index in [-0.39, 0.29) is 41.2 Å². The highest BCUT2D eigenvalue weighted by Crippen LogP contribution is 2.37. The van der Waals surface area contributed by atoms with Crippen LogP contribution < -0.4 is 14.4 Å². The number of para-hydroxylation sites is 1. The van der Waals surface area contributed by atoms with Crippen molar-refractivity contribution >= 4 is 27.3 Å². The number of hydrogen-bond donors (Lipinski definition) is 1. The summed E-state index contributed by atoms with van der Waals surface area (Å²) in [4.78, 5) is 18.2. The molecule has 2 aliphatic rings. The molecule has 0 atom stereocenters. The summed E-state index contributed by atoms with van der Waals surface area (Å²) in [5.74, 6) is 0.406. The van der Waals surface area contributed by atoms with Gasteiger partial charge in [0.2, 0.25) is 5.89 Å². The van der Waals surface area contributed by atoms with Crippen LogP contribution in [0.25, 0.3) is 0 Å². The van der Waals surface area contributed by atoms with Crippen LogP contribution in [0.1, 0.15) is 36.9 Å². The first kappa shape index (κ1) is 20.4. The van der Waals surface area contributed by atoms with E-state index in [4.69, 9.17) is 9.26 Å². The largest absolute Gasteiger partial charge is 0.482 e. The highest BCUT2D eigenvalue weighted by Gasteiger charge is 2.31. The number of halogens is 1. The molecule has 1 aromatic heterocycles. The van der Waals surface area contributed by atoms with Crippen LogP contribution in [-0.4, -0.2) is 31.1 Å². The molecule has 1 fully saturated rings. The maximum absolute atomic E-state index is 13.9. The smallest absolute Gasteiger partial charge is 0.265 e. The Morgan fingerprint density at radius 3 is 2.75 bits per heavy atom. The van der Waals surface area contributed by atoms with Gasteiger partial charge in [0.05, 0.1) is 22.8 Å². The number of amides is 1. The number of fused-ring (bicyclic) bond motifs is 1. The van der Waals surface area contributed by atoms with Crippen molar-refractivity contribution in [1.82, 2.24) is 10.1 Å². The molecule has 1 N–H and O–H groups in total. The Balaban J connectivity index is 1.44. The zero-order chi connectivity index (χ0) is 22.3. The van der Waals surface area contributed by atoms with Crippen molar-refractivity contribution in [3.8, 4) is 5.75 Å². The predicted molar refractivity (Wildman–Crippen MR) is 111 cm³/mol. The van der Waals surface area contributed by atoms with E-state index in [0.717, 1.165) is 25.3 Å². The highest BCUT2D eigenvalue weighted by atomic mass is 32.2. The maximum Gasteiger partial charge on any atom is 0.265 e. The van der Waals surface area contributed by atoms with E-state index in [9.17, 15) is 17.6 Å². The average molecular weight is 458 g/mol. The first-order valence-electron chi connectivity index (χ1n) is 10.1. The summed E-state index contributed by atoms with van der Waals surface area (Å²) in [6.45, 7) is -0.185. The Kier molecular flexibility index (Phi) is 5.04. The van der Waals surface area contributed by atoms with E-state index >= 15 is 0 Å². The molecule has 1 saturated carbocycles. The second-order valence-electron chi connectivity index (χ2n) is 7.66. The van der Waals surface area contributed by atoms with E-state index in [1.807, 2.05) is 0 Å². The fourth-order valence-electron chi connectivity index (χ4n) is 3.56. The predicted octanol–water partition coefficient (Wildman–Crippen LogP) is 3.20. The number of carbonyl (C=O) groups is 1. The van der Waals surface area contributed by atoms with Gasteiger partial charge in [-0.15, -0.1) is 0 Å². The third kappa shape index (κ3) is 3.79. The Bertz CT molecular complexity index is 1290. The molecule has 0 bridgehead atoms. The third-order valence-corrected chi connectivity index (χ3v) is 6.90. The van der Waals surface area contributed by atoms with Crippen molar-refractivity contribution in [3.05, 3.63) is 60.0 Å². The van der Waals surface area contributed by atoms with Crippen LogP contribution in [0.2, 0.25) is 0 Å². The number of carbonyl (C=O) groups excluding carboxylic acids is 1. The van der Waals surface area contributed by atoms with Gasteiger partial charge in [0.1, 0.15) is 11.6 Å². The number of nitrogens with zero attached hydrogens (tertiary/aromatic N) is 3. The van der Waals surface area contributed by atoms with Gasteiger partial charge in [-0.1, -0.05) is 23.7 Å². The normalized spacial score (nSPS) is 16.3. The van der Waals surface area contributed by atoms with Gasteiger partial charge in [-0.3, -0.25) is 14.4 Å². The van der Waals surface area contributed by atoms with Gasteiger partial charge in [-0.2, -0.15) is 4.98 Å². The zero-order valence-electron chi connectivity index (χ0n) is 16.8. The third-order valence-electron chi connectivity index (χ3n) is 5.54. The van der Waals surface area contributed by atoms with Crippen molar-refractivity contribution < 1.29 is 26.9 Å². The Morgan fingerprint density at radius 1 is 1.19 bits per heavy atom. The molecule has 0 unspecified atom stereocenters. The van der Waals surface area contributed by atoms with Crippen molar-refractivity contribution in [2.75, 3.05) is 16.2 Å². The summed E-state index contributed by atoms with van der Waals surface area (Å²) in [6.07, 6.45) is 3.12. The molecule has 1 aliphatic carbocycles. The van der Waals surface area contributed by atoms with Gasteiger partial charge in [0, 0.05) is 5.92 Å². The first-order valence-corrected chi connectivity index (χ1v) is 11.6. The molecule has 11 heteroatoms. The van der Waals surface area contributed by atoms with Crippen LogP contribution >= 0.6 is 0 Å². The van der Waals surface area contributed by atoms with Gasteiger partial charge in [-0.25, -0.2) is 12.8 Å². The minimum absolute atomic E-state index is 0.00958. The van der Waals surface area contributed by atoms with Crippen LogP contribution in [0.4, 0.5) is 15.8 Å². The number of anilines is 2. The summed E-state index contributed by atoms with van der Waals surface area (Å²) in [6, 6.07) is 9.55. The minimum Gasteiger partial charge on any atom is -0.482 e. The molecule has 166 valence electrons. The van der Waals surface area contributed by atoms with Gasteiger partial charge in [0.15, 0.2) is 12.4 Å². The van der Waals surface area contributed by atoms with E-state index in [1.54, 1.807) is 0 Å². The lowest BCUT2D eigenvalue weighted by Crippen LogP contribution is -2.38.